The molecule has 162 valence electrons. The molecule has 0 saturated heterocycles. The standard InChI is InChI=1S/C23H29FN2O4/c1-6-29-20-11-9-17(26-22(27)14(3)4)13-18(20)23(28)25-15(5)16-8-10-19(24)21(12-16)30-7-2/h8-15H,6-7H2,1-5H3,(H,25,28)(H,26,27). The van der Waals surface area contributed by atoms with Crippen molar-refractivity contribution < 1.29 is 23.5 Å². The van der Waals surface area contributed by atoms with Gasteiger partial charge in [-0.25, -0.2) is 4.39 Å². The summed E-state index contributed by atoms with van der Waals surface area (Å²) in [5, 5.41) is 5.68. The van der Waals surface area contributed by atoms with Crippen molar-refractivity contribution in [3.63, 3.8) is 0 Å². The number of nitrogens with one attached hydrogen (secondary N) is 2. The molecule has 0 aliphatic heterocycles. The van der Waals surface area contributed by atoms with Crippen LogP contribution in [0, 0.1) is 11.7 Å². The molecule has 1 unspecified atom stereocenters. The van der Waals surface area contributed by atoms with E-state index in [4.69, 9.17) is 9.47 Å². The Bertz CT molecular complexity index is 899. The van der Waals surface area contributed by atoms with Crippen LogP contribution in [0.25, 0.3) is 0 Å². The van der Waals surface area contributed by atoms with Crippen LogP contribution in [0.3, 0.4) is 0 Å². The third-order valence-electron chi connectivity index (χ3n) is 4.42. The lowest BCUT2D eigenvalue weighted by Gasteiger charge is -2.18. The van der Waals surface area contributed by atoms with E-state index in [1.54, 1.807) is 58.0 Å². The molecular formula is C23H29FN2O4. The van der Waals surface area contributed by atoms with Gasteiger partial charge in [-0.05, 0) is 56.7 Å². The fourth-order valence-electron chi connectivity index (χ4n) is 2.77. The number of halogens is 1. The molecule has 7 heteroatoms. The first-order valence-corrected chi connectivity index (χ1v) is 10.1. The average molecular weight is 416 g/mol. The minimum Gasteiger partial charge on any atom is -0.493 e. The molecular weight excluding hydrogens is 387 g/mol. The molecule has 6 nitrogen and oxygen atoms in total. The van der Waals surface area contributed by atoms with Crippen molar-refractivity contribution in [3.8, 4) is 11.5 Å². The van der Waals surface area contributed by atoms with E-state index in [2.05, 4.69) is 10.6 Å². The van der Waals surface area contributed by atoms with Crippen molar-refractivity contribution in [2.75, 3.05) is 18.5 Å². The van der Waals surface area contributed by atoms with Crippen LogP contribution in [0.5, 0.6) is 11.5 Å². The second-order valence-corrected chi connectivity index (χ2v) is 7.11. The predicted molar refractivity (Wildman–Crippen MR) is 115 cm³/mol. The molecule has 0 aliphatic rings. The summed E-state index contributed by atoms with van der Waals surface area (Å²) in [5.41, 5.74) is 1.52. The maximum absolute atomic E-state index is 13.8. The van der Waals surface area contributed by atoms with Crippen molar-refractivity contribution >= 4 is 17.5 Å². The van der Waals surface area contributed by atoms with Crippen molar-refractivity contribution in [1.29, 1.82) is 0 Å². The number of carbonyl (C=O) groups is 2. The Morgan fingerprint density at radius 3 is 2.27 bits per heavy atom. The highest BCUT2D eigenvalue weighted by Gasteiger charge is 2.19. The molecule has 1 atom stereocenters. The van der Waals surface area contributed by atoms with Crippen LogP contribution < -0.4 is 20.1 Å². The number of anilines is 1. The summed E-state index contributed by atoms with van der Waals surface area (Å²) in [6.07, 6.45) is 0. The summed E-state index contributed by atoms with van der Waals surface area (Å²) in [6.45, 7) is 9.71. The van der Waals surface area contributed by atoms with Gasteiger partial charge in [0.05, 0.1) is 24.8 Å². The zero-order valence-electron chi connectivity index (χ0n) is 18.0. The molecule has 0 bridgehead atoms. The fourth-order valence-corrected chi connectivity index (χ4v) is 2.77. The smallest absolute Gasteiger partial charge is 0.255 e. The number of amides is 2. The van der Waals surface area contributed by atoms with E-state index in [0.717, 1.165) is 0 Å². The van der Waals surface area contributed by atoms with Gasteiger partial charge in [0.2, 0.25) is 5.91 Å². The highest BCUT2D eigenvalue weighted by Crippen LogP contribution is 2.26. The normalized spacial score (nSPS) is 11.7. The van der Waals surface area contributed by atoms with Crippen molar-refractivity contribution in [2.45, 2.75) is 40.7 Å². The zero-order valence-corrected chi connectivity index (χ0v) is 18.0. The molecule has 0 spiro atoms. The van der Waals surface area contributed by atoms with E-state index in [1.165, 1.54) is 6.07 Å². The number of rotatable bonds is 9. The molecule has 0 radical (unpaired) electrons. The first kappa shape index (κ1) is 23.2. The summed E-state index contributed by atoms with van der Waals surface area (Å²) in [7, 11) is 0. The maximum Gasteiger partial charge on any atom is 0.255 e. The quantitative estimate of drug-likeness (QED) is 0.621. The molecule has 0 aliphatic carbocycles. The van der Waals surface area contributed by atoms with Crippen LogP contribution in [0.2, 0.25) is 0 Å². The predicted octanol–water partition coefficient (Wildman–Crippen LogP) is 4.71. The molecule has 2 aromatic carbocycles. The summed E-state index contributed by atoms with van der Waals surface area (Å²) >= 11 is 0. The van der Waals surface area contributed by atoms with Crippen molar-refractivity contribution in [1.82, 2.24) is 5.32 Å². The largest absolute Gasteiger partial charge is 0.493 e. The number of hydrogen-bond acceptors (Lipinski definition) is 4. The van der Waals surface area contributed by atoms with Gasteiger partial charge >= 0.3 is 0 Å². The minimum atomic E-state index is -0.452. The molecule has 0 aromatic heterocycles. The van der Waals surface area contributed by atoms with Crippen LogP contribution >= 0.6 is 0 Å². The van der Waals surface area contributed by atoms with E-state index < -0.39 is 11.9 Å². The van der Waals surface area contributed by atoms with E-state index in [0.29, 0.717) is 35.8 Å². The Kier molecular flexibility index (Phi) is 8.21. The van der Waals surface area contributed by atoms with E-state index in [-0.39, 0.29) is 23.5 Å². The van der Waals surface area contributed by atoms with Crippen LogP contribution in [-0.2, 0) is 4.79 Å². The molecule has 0 saturated carbocycles. The highest BCUT2D eigenvalue weighted by atomic mass is 19.1. The number of ether oxygens (including phenoxy) is 2. The maximum atomic E-state index is 13.8. The molecule has 30 heavy (non-hydrogen) atoms. The summed E-state index contributed by atoms with van der Waals surface area (Å²) in [6, 6.07) is 9.03. The van der Waals surface area contributed by atoms with Gasteiger partial charge in [0.15, 0.2) is 11.6 Å². The van der Waals surface area contributed by atoms with Crippen LogP contribution in [0.4, 0.5) is 10.1 Å². The number of carbonyl (C=O) groups excluding carboxylic acids is 2. The van der Waals surface area contributed by atoms with Crippen LogP contribution in [0.1, 0.15) is 56.6 Å². The molecule has 2 aromatic rings. The van der Waals surface area contributed by atoms with Gasteiger partial charge in [-0.1, -0.05) is 19.9 Å². The van der Waals surface area contributed by atoms with Crippen molar-refractivity contribution in [2.24, 2.45) is 5.92 Å². The first-order valence-electron chi connectivity index (χ1n) is 10.1. The lowest BCUT2D eigenvalue weighted by atomic mass is 10.1. The van der Waals surface area contributed by atoms with Crippen molar-refractivity contribution in [3.05, 3.63) is 53.3 Å². The lowest BCUT2D eigenvalue weighted by molar-refractivity contribution is -0.118. The summed E-state index contributed by atoms with van der Waals surface area (Å²) in [4.78, 5) is 25.0. The monoisotopic (exact) mass is 416 g/mol. The Morgan fingerprint density at radius 2 is 1.63 bits per heavy atom. The van der Waals surface area contributed by atoms with Gasteiger partial charge in [-0.2, -0.15) is 0 Å². The third-order valence-corrected chi connectivity index (χ3v) is 4.42. The summed E-state index contributed by atoms with van der Waals surface area (Å²) < 4.78 is 24.7. The molecule has 0 heterocycles. The zero-order chi connectivity index (χ0) is 22.3. The Balaban J connectivity index is 2.25. The third kappa shape index (κ3) is 5.95. The van der Waals surface area contributed by atoms with E-state index >= 15 is 0 Å². The average Bonchev–Trinajstić information content (AvgIpc) is 2.70. The topological polar surface area (TPSA) is 76.7 Å². The molecule has 2 rings (SSSR count). The Labute approximate surface area is 176 Å². The van der Waals surface area contributed by atoms with Gasteiger partial charge in [-0.15, -0.1) is 0 Å². The molecule has 2 N–H and O–H groups in total. The van der Waals surface area contributed by atoms with Gasteiger partial charge in [0, 0.05) is 11.6 Å². The summed E-state index contributed by atoms with van der Waals surface area (Å²) in [5.74, 6) is -0.593. The molecule has 0 fully saturated rings. The fraction of sp³-hybridized carbons (Fsp3) is 0.391. The number of benzene rings is 2. The Hall–Kier alpha value is -3.09. The van der Waals surface area contributed by atoms with Gasteiger partial charge in [0.25, 0.3) is 5.91 Å². The van der Waals surface area contributed by atoms with Crippen LogP contribution in [0.15, 0.2) is 36.4 Å². The second-order valence-electron chi connectivity index (χ2n) is 7.11. The van der Waals surface area contributed by atoms with E-state index in [9.17, 15) is 14.0 Å². The highest BCUT2D eigenvalue weighted by molar-refractivity contribution is 6.00. The molecule has 2 amide bonds. The lowest BCUT2D eigenvalue weighted by Crippen LogP contribution is -2.27. The minimum absolute atomic E-state index is 0.143. The number of hydrogen-bond donors (Lipinski definition) is 2. The van der Waals surface area contributed by atoms with Crippen LogP contribution in [-0.4, -0.2) is 25.0 Å². The second kappa shape index (κ2) is 10.6. The van der Waals surface area contributed by atoms with Gasteiger partial charge in [-0.3, -0.25) is 9.59 Å². The Morgan fingerprint density at radius 1 is 0.967 bits per heavy atom. The van der Waals surface area contributed by atoms with Gasteiger partial charge < -0.3 is 20.1 Å². The first-order chi connectivity index (χ1) is 14.3. The SMILES string of the molecule is CCOc1cc(C(C)NC(=O)c2cc(NC(=O)C(C)C)ccc2OCC)ccc1F. The van der Waals surface area contributed by atoms with Gasteiger partial charge in [0.1, 0.15) is 5.75 Å². The van der Waals surface area contributed by atoms with E-state index in [1.807, 2.05) is 6.92 Å².